The molecule has 0 saturated heterocycles. The van der Waals surface area contributed by atoms with E-state index in [9.17, 15) is 0 Å². The fourth-order valence-electron chi connectivity index (χ4n) is 2.06. The van der Waals surface area contributed by atoms with Crippen LogP contribution in [-0.2, 0) is 5.54 Å². The first-order chi connectivity index (χ1) is 6.23. The Bertz CT molecular complexity index is 285. The van der Waals surface area contributed by atoms with Crippen LogP contribution in [-0.4, -0.2) is 3.92 Å². The molecular formula is C11H14IN. The van der Waals surface area contributed by atoms with Crippen LogP contribution < -0.4 is 5.73 Å². The zero-order valence-corrected chi connectivity index (χ0v) is 9.70. The molecule has 1 nitrogen and oxygen atoms in total. The third-order valence-corrected chi connectivity index (χ3v) is 4.65. The Balaban J connectivity index is 2.34. The standard InChI is InChI=1S/C11H14IN/c12-10-7-4-8-11(10,13)9-5-2-1-3-6-9/h1-3,5-6,10H,4,7-8,13H2/t10-,11?/m0/s1. The first kappa shape index (κ1) is 9.46. The van der Waals surface area contributed by atoms with Crippen LogP contribution in [0.25, 0.3) is 0 Å². The van der Waals surface area contributed by atoms with Gasteiger partial charge in [-0.2, -0.15) is 0 Å². The Morgan fingerprint density at radius 3 is 2.54 bits per heavy atom. The van der Waals surface area contributed by atoms with Gasteiger partial charge >= 0.3 is 0 Å². The van der Waals surface area contributed by atoms with Gasteiger partial charge in [-0.15, -0.1) is 0 Å². The van der Waals surface area contributed by atoms with E-state index in [0.717, 1.165) is 6.42 Å². The largest absolute Gasteiger partial charge is 0.321 e. The van der Waals surface area contributed by atoms with Gasteiger partial charge in [0.05, 0.1) is 5.54 Å². The van der Waals surface area contributed by atoms with E-state index in [1.54, 1.807) is 0 Å². The summed E-state index contributed by atoms with van der Waals surface area (Å²) in [5.74, 6) is 0. The third-order valence-electron chi connectivity index (χ3n) is 2.92. The fraction of sp³-hybridized carbons (Fsp3) is 0.455. The minimum atomic E-state index is -0.0676. The molecule has 0 amide bonds. The van der Waals surface area contributed by atoms with Gasteiger partial charge in [0.2, 0.25) is 0 Å². The average molecular weight is 287 g/mol. The van der Waals surface area contributed by atoms with E-state index in [-0.39, 0.29) is 5.54 Å². The monoisotopic (exact) mass is 287 g/mol. The second-order valence-corrected chi connectivity index (χ2v) is 5.27. The highest BCUT2D eigenvalue weighted by Gasteiger charge is 2.38. The molecule has 0 radical (unpaired) electrons. The number of alkyl halides is 1. The number of hydrogen-bond donors (Lipinski definition) is 1. The van der Waals surface area contributed by atoms with E-state index in [1.807, 2.05) is 6.07 Å². The highest BCUT2D eigenvalue weighted by molar-refractivity contribution is 14.1. The number of nitrogens with two attached hydrogens (primary N) is 1. The SMILES string of the molecule is NC1(c2ccccc2)CCC[C@@H]1I. The highest BCUT2D eigenvalue weighted by Crippen LogP contribution is 2.41. The van der Waals surface area contributed by atoms with Gasteiger partial charge in [-0.1, -0.05) is 59.3 Å². The molecule has 2 N–H and O–H groups in total. The van der Waals surface area contributed by atoms with Crippen molar-refractivity contribution in [3.8, 4) is 0 Å². The van der Waals surface area contributed by atoms with Crippen LogP contribution >= 0.6 is 22.6 Å². The van der Waals surface area contributed by atoms with Crippen molar-refractivity contribution in [1.29, 1.82) is 0 Å². The molecule has 2 rings (SSSR count). The lowest BCUT2D eigenvalue weighted by molar-refractivity contribution is 0.483. The van der Waals surface area contributed by atoms with Gasteiger partial charge in [0, 0.05) is 3.92 Å². The lowest BCUT2D eigenvalue weighted by Gasteiger charge is -2.28. The van der Waals surface area contributed by atoms with Crippen molar-refractivity contribution in [2.75, 3.05) is 0 Å². The van der Waals surface area contributed by atoms with Crippen LogP contribution in [0, 0.1) is 0 Å². The molecule has 1 saturated carbocycles. The van der Waals surface area contributed by atoms with Crippen LogP contribution in [0.2, 0.25) is 0 Å². The van der Waals surface area contributed by atoms with Crippen LogP contribution in [0.1, 0.15) is 24.8 Å². The molecule has 1 fully saturated rings. The lowest BCUT2D eigenvalue weighted by Crippen LogP contribution is -2.40. The second kappa shape index (κ2) is 3.58. The van der Waals surface area contributed by atoms with Crippen LogP contribution in [0.4, 0.5) is 0 Å². The molecule has 0 bridgehead atoms. The van der Waals surface area contributed by atoms with Crippen molar-refractivity contribution < 1.29 is 0 Å². The summed E-state index contributed by atoms with van der Waals surface area (Å²) in [7, 11) is 0. The number of benzene rings is 1. The molecule has 1 aromatic rings. The van der Waals surface area contributed by atoms with Crippen molar-refractivity contribution in [3.05, 3.63) is 35.9 Å². The molecule has 0 heterocycles. The van der Waals surface area contributed by atoms with E-state index < -0.39 is 0 Å². The highest BCUT2D eigenvalue weighted by atomic mass is 127. The van der Waals surface area contributed by atoms with E-state index >= 15 is 0 Å². The van der Waals surface area contributed by atoms with Crippen molar-refractivity contribution in [1.82, 2.24) is 0 Å². The quantitative estimate of drug-likeness (QED) is 0.624. The van der Waals surface area contributed by atoms with Crippen LogP contribution in [0.15, 0.2) is 30.3 Å². The molecule has 0 spiro atoms. The minimum Gasteiger partial charge on any atom is -0.321 e. The zero-order chi connectivity index (χ0) is 9.31. The Morgan fingerprint density at radius 2 is 2.00 bits per heavy atom. The molecule has 13 heavy (non-hydrogen) atoms. The van der Waals surface area contributed by atoms with Gasteiger partial charge in [0.1, 0.15) is 0 Å². The zero-order valence-electron chi connectivity index (χ0n) is 7.54. The summed E-state index contributed by atoms with van der Waals surface area (Å²) in [5.41, 5.74) is 7.65. The Labute approximate surface area is 92.9 Å². The topological polar surface area (TPSA) is 26.0 Å². The maximum Gasteiger partial charge on any atom is 0.0528 e. The van der Waals surface area contributed by atoms with Gasteiger partial charge in [-0.25, -0.2) is 0 Å². The summed E-state index contributed by atoms with van der Waals surface area (Å²) in [5, 5.41) is 0. The van der Waals surface area contributed by atoms with Gasteiger partial charge < -0.3 is 5.73 Å². The van der Waals surface area contributed by atoms with Gasteiger partial charge in [0.15, 0.2) is 0 Å². The summed E-state index contributed by atoms with van der Waals surface area (Å²) in [6, 6.07) is 10.5. The van der Waals surface area contributed by atoms with E-state index in [0.29, 0.717) is 3.92 Å². The Hall–Kier alpha value is -0.0900. The molecule has 0 aromatic heterocycles. The predicted molar refractivity (Wildman–Crippen MR) is 64.0 cm³/mol. The number of halogens is 1. The van der Waals surface area contributed by atoms with Gasteiger partial charge in [-0.3, -0.25) is 0 Å². The van der Waals surface area contributed by atoms with Crippen LogP contribution in [0.3, 0.4) is 0 Å². The molecule has 70 valence electrons. The number of hydrogen-bond acceptors (Lipinski definition) is 1. The minimum absolute atomic E-state index is 0.0676. The molecular weight excluding hydrogens is 273 g/mol. The Kier molecular flexibility index (Phi) is 2.60. The van der Waals surface area contributed by atoms with Crippen molar-refractivity contribution >= 4 is 22.6 Å². The summed E-state index contributed by atoms with van der Waals surface area (Å²) in [6.45, 7) is 0. The maximum atomic E-state index is 6.42. The van der Waals surface area contributed by atoms with Crippen molar-refractivity contribution in [3.63, 3.8) is 0 Å². The van der Waals surface area contributed by atoms with Gasteiger partial charge in [0.25, 0.3) is 0 Å². The molecule has 0 aliphatic heterocycles. The van der Waals surface area contributed by atoms with E-state index in [1.165, 1.54) is 18.4 Å². The summed E-state index contributed by atoms with van der Waals surface area (Å²) in [4.78, 5) is 0. The lowest BCUT2D eigenvalue weighted by atomic mass is 9.89. The smallest absolute Gasteiger partial charge is 0.0528 e. The average Bonchev–Trinajstić information content (AvgIpc) is 2.50. The third kappa shape index (κ3) is 1.62. The molecule has 1 aliphatic rings. The number of rotatable bonds is 1. The molecule has 2 heteroatoms. The molecule has 1 aromatic carbocycles. The van der Waals surface area contributed by atoms with E-state index in [2.05, 4.69) is 46.9 Å². The molecule has 1 aliphatic carbocycles. The predicted octanol–water partition coefficient (Wildman–Crippen LogP) is 2.83. The summed E-state index contributed by atoms with van der Waals surface area (Å²) >= 11 is 2.49. The maximum absolute atomic E-state index is 6.42. The fourth-order valence-corrected chi connectivity index (χ4v) is 3.17. The first-order valence-electron chi connectivity index (χ1n) is 4.72. The van der Waals surface area contributed by atoms with E-state index in [4.69, 9.17) is 5.73 Å². The Morgan fingerprint density at radius 1 is 1.31 bits per heavy atom. The first-order valence-corrected chi connectivity index (χ1v) is 5.96. The molecule has 1 unspecified atom stereocenters. The van der Waals surface area contributed by atoms with Crippen molar-refractivity contribution in [2.45, 2.75) is 28.7 Å². The van der Waals surface area contributed by atoms with Crippen molar-refractivity contribution in [2.24, 2.45) is 5.73 Å². The second-order valence-electron chi connectivity index (χ2n) is 3.77. The molecule has 2 atom stereocenters. The normalized spacial score (nSPS) is 33.5. The van der Waals surface area contributed by atoms with Gasteiger partial charge in [-0.05, 0) is 18.4 Å². The summed E-state index contributed by atoms with van der Waals surface area (Å²) < 4.78 is 0.590. The van der Waals surface area contributed by atoms with Crippen LogP contribution in [0.5, 0.6) is 0 Å². The summed E-state index contributed by atoms with van der Waals surface area (Å²) in [6.07, 6.45) is 3.65.